The molecule has 2 atom stereocenters. The van der Waals surface area contributed by atoms with Gasteiger partial charge in [-0.1, -0.05) is 0 Å². The van der Waals surface area contributed by atoms with Crippen LogP contribution in [0.25, 0.3) is 0 Å². The van der Waals surface area contributed by atoms with Crippen molar-refractivity contribution in [1.82, 2.24) is 0 Å². The highest BCUT2D eigenvalue weighted by molar-refractivity contribution is 7.80. The second kappa shape index (κ2) is 5.30. The normalized spacial score (nSPS) is 14.4. The van der Waals surface area contributed by atoms with Gasteiger partial charge in [0.25, 0.3) is 5.69 Å². The monoisotopic (exact) mass is 262 g/mol. The number of benzene rings is 1. The zero-order chi connectivity index (χ0) is 13.2. The van der Waals surface area contributed by atoms with Crippen molar-refractivity contribution < 1.29 is 19.5 Å². The highest BCUT2D eigenvalue weighted by Crippen LogP contribution is 2.30. The van der Waals surface area contributed by atoms with E-state index in [1.54, 1.807) is 0 Å². The summed E-state index contributed by atoms with van der Waals surface area (Å²) in [6.45, 7) is 0. The van der Waals surface area contributed by atoms with Crippen LogP contribution in [0.3, 0.4) is 0 Å². The average molecular weight is 262 g/mol. The van der Waals surface area contributed by atoms with Gasteiger partial charge in [0.2, 0.25) is 0 Å². The topological polar surface area (TPSA) is 110 Å². The fraction of sp³-hybridized carbons (Fsp3) is 0.333. The van der Waals surface area contributed by atoms with Crippen LogP contribution in [0.4, 0.5) is 15.8 Å². The predicted octanol–water partition coefficient (Wildman–Crippen LogP) is 0.640. The smallest absolute Gasteiger partial charge is 0.295 e. The lowest BCUT2D eigenvalue weighted by atomic mass is 10.0. The number of hydrogen-bond acceptors (Lipinski definition) is 6. The van der Waals surface area contributed by atoms with Crippen LogP contribution in [0, 0.1) is 15.9 Å². The predicted molar refractivity (Wildman–Crippen MR) is 62.3 cm³/mol. The van der Waals surface area contributed by atoms with Gasteiger partial charge < -0.3 is 15.9 Å². The fourth-order valence-electron chi connectivity index (χ4n) is 1.27. The number of nitro groups is 1. The van der Waals surface area contributed by atoms with E-state index in [0.717, 1.165) is 12.1 Å². The SMILES string of the molecule is Nc1c(F)cc(C(O)C(O)CS)cc1[N+](=O)[O-]. The first-order chi connectivity index (χ1) is 7.88. The minimum Gasteiger partial charge on any atom is -0.391 e. The molecule has 1 rings (SSSR count). The van der Waals surface area contributed by atoms with Gasteiger partial charge in [-0.3, -0.25) is 10.1 Å². The van der Waals surface area contributed by atoms with E-state index in [1.807, 2.05) is 0 Å². The minimum absolute atomic E-state index is 0.0685. The molecule has 0 fully saturated rings. The first-order valence-corrected chi connectivity index (χ1v) is 5.22. The average Bonchev–Trinajstić information content (AvgIpc) is 2.30. The summed E-state index contributed by atoms with van der Waals surface area (Å²) in [6, 6.07) is 1.77. The Kier molecular flexibility index (Phi) is 4.27. The molecule has 1 aromatic rings. The van der Waals surface area contributed by atoms with Crippen molar-refractivity contribution in [3.63, 3.8) is 0 Å². The third-order valence-electron chi connectivity index (χ3n) is 2.22. The number of nitrogen functional groups attached to an aromatic ring is 1. The van der Waals surface area contributed by atoms with E-state index in [4.69, 9.17) is 5.73 Å². The first-order valence-electron chi connectivity index (χ1n) is 4.58. The summed E-state index contributed by atoms with van der Waals surface area (Å²) in [5.41, 5.74) is 3.81. The quantitative estimate of drug-likeness (QED) is 0.275. The molecule has 8 heteroatoms. The molecule has 0 radical (unpaired) electrons. The second-order valence-corrected chi connectivity index (χ2v) is 3.75. The molecule has 6 nitrogen and oxygen atoms in total. The molecular weight excluding hydrogens is 251 g/mol. The number of anilines is 1. The first kappa shape index (κ1) is 13.7. The molecule has 17 heavy (non-hydrogen) atoms. The number of halogens is 1. The molecule has 0 saturated carbocycles. The highest BCUT2D eigenvalue weighted by atomic mass is 32.1. The van der Waals surface area contributed by atoms with Crippen LogP contribution >= 0.6 is 12.6 Å². The molecule has 0 amide bonds. The molecule has 0 aliphatic rings. The van der Waals surface area contributed by atoms with Gasteiger partial charge in [-0.2, -0.15) is 12.6 Å². The number of rotatable bonds is 4. The molecule has 1 aromatic carbocycles. The highest BCUT2D eigenvalue weighted by Gasteiger charge is 2.23. The molecule has 0 saturated heterocycles. The van der Waals surface area contributed by atoms with E-state index in [9.17, 15) is 24.7 Å². The molecule has 0 bridgehead atoms. The van der Waals surface area contributed by atoms with Gasteiger partial charge in [0.15, 0.2) is 5.82 Å². The van der Waals surface area contributed by atoms with Crippen LogP contribution in [0.5, 0.6) is 0 Å². The maximum atomic E-state index is 13.3. The summed E-state index contributed by atoms with van der Waals surface area (Å²) >= 11 is 3.76. The van der Waals surface area contributed by atoms with Crippen molar-refractivity contribution in [2.45, 2.75) is 12.2 Å². The lowest BCUT2D eigenvalue weighted by Gasteiger charge is -2.16. The van der Waals surface area contributed by atoms with Crippen molar-refractivity contribution in [2.24, 2.45) is 0 Å². The van der Waals surface area contributed by atoms with E-state index in [1.165, 1.54) is 0 Å². The van der Waals surface area contributed by atoms with Gasteiger partial charge >= 0.3 is 0 Å². The zero-order valence-corrected chi connectivity index (χ0v) is 9.47. The molecule has 0 aliphatic heterocycles. The Bertz CT molecular complexity index is 443. The third kappa shape index (κ3) is 2.84. The van der Waals surface area contributed by atoms with E-state index in [-0.39, 0.29) is 11.3 Å². The van der Waals surface area contributed by atoms with E-state index < -0.39 is 34.3 Å². The molecule has 0 spiro atoms. The Morgan fingerprint density at radius 1 is 1.53 bits per heavy atom. The van der Waals surface area contributed by atoms with Crippen LogP contribution in [0.15, 0.2) is 12.1 Å². The Balaban J connectivity index is 3.23. The van der Waals surface area contributed by atoms with Crippen molar-refractivity contribution >= 4 is 24.0 Å². The van der Waals surface area contributed by atoms with Gasteiger partial charge in [0.05, 0.1) is 11.0 Å². The number of nitrogens with zero attached hydrogens (tertiary/aromatic N) is 1. The Morgan fingerprint density at radius 2 is 2.12 bits per heavy atom. The second-order valence-electron chi connectivity index (χ2n) is 3.39. The molecule has 94 valence electrons. The summed E-state index contributed by atoms with van der Waals surface area (Å²) in [5.74, 6) is -1.08. The van der Waals surface area contributed by atoms with Crippen LogP contribution < -0.4 is 5.73 Å². The molecule has 4 N–H and O–H groups in total. The summed E-state index contributed by atoms with van der Waals surface area (Å²) in [6.07, 6.45) is -2.71. The number of thiol groups is 1. The van der Waals surface area contributed by atoms with Crippen LogP contribution in [-0.4, -0.2) is 27.0 Å². The number of aliphatic hydroxyl groups excluding tert-OH is 2. The molecule has 0 heterocycles. The van der Waals surface area contributed by atoms with Gasteiger partial charge in [-0.15, -0.1) is 0 Å². The fourth-order valence-corrected chi connectivity index (χ4v) is 1.47. The maximum absolute atomic E-state index is 13.3. The summed E-state index contributed by atoms with van der Waals surface area (Å²) in [5, 5.41) is 29.5. The summed E-state index contributed by atoms with van der Waals surface area (Å²) in [7, 11) is 0. The standard InChI is InChI=1S/C9H11FN2O4S/c10-5-1-4(9(14)7(13)3-17)2-6(8(5)11)12(15)16/h1-2,7,9,13-14,17H,3,11H2. The lowest BCUT2D eigenvalue weighted by Crippen LogP contribution is -2.20. The van der Waals surface area contributed by atoms with Crippen molar-refractivity contribution in [1.29, 1.82) is 0 Å². The Labute approximate surface area is 101 Å². The summed E-state index contributed by atoms with van der Waals surface area (Å²) in [4.78, 5) is 9.73. The van der Waals surface area contributed by atoms with E-state index in [2.05, 4.69) is 12.6 Å². The third-order valence-corrected chi connectivity index (χ3v) is 2.59. The number of hydrogen-bond donors (Lipinski definition) is 4. The maximum Gasteiger partial charge on any atom is 0.295 e. The Morgan fingerprint density at radius 3 is 2.59 bits per heavy atom. The molecule has 2 unspecified atom stereocenters. The van der Waals surface area contributed by atoms with Gasteiger partial charge in [-0.25, -0.2) is 4.39 Å². The zero-order valence-electron chi connectivity index (χ0n) is 8.58. The molecular formula is C9H11FN2O4S. The van der Waals surface area contributed by atoms with Crippen molar-refractivity contribution in [3.05, 3.63) is 33.6 Å². The van der Waals surface area contributed by atoms with Crippen molar-refractivity contribution in [2.75, 3.05) is 11.5 Å². The van der Waals surface area contributed by atoms with Crippen LogP contribution in [0.2, 0.25) is 0 Å². The number of nitrogens with two attached hydrogens (primary N) is 1. The lowest BCUT2D eigenvalue weighted by molar-refractivity contribution is -0.384. The van der Waals surface area contributed by atoms with Crippen LogP contribution in [0.1, 0.15) is 11.7 Å². The largest absolute Gasteiger partial charge is 0.391 e. The Hall–Kier alpha value is -1.38. The molecule has 0 aliphatic carbocycles. The minimum atomic E-state index is -1.46. The van der Waals surface area contributed by atoms with Gasteiger partial charge in [0.1, 0.15) is 11.8 Å². The van der Waals surface area contributed by atoms with Crippen LogP contribution in [-0.2, 0) is 0 Å². The number of nitro benzene ring substituents is 1. The van der Waals surface area contributed by atoms with E-state index >= 15 is 0 Å². The summed E-state index contributed by atoms with van der Waals surface area (Å²) < 4.78 is 13.3. The van der Waals surface area contributed by atoms with Crippen molar-refractivity contribution in [3.8, 4) is 0 Å². The molecule has 0 aromatic heterocycles. The van der Waals surface area contributed by atoms with Gasteiger partial charge in [0, 0.05) is 11.8 Å². The van der Waals surface area contributed by atoms with E-state index in [0.29, 0.717) is 0 Å². The van der Waals surface area contributed by atoms with Gasteiger partial charge in [-0.05, 0) is 11.6 Å². The number of aliphatic hydroxyl groups is 2.